The highest BCUT2D eigenvalue weighted by Gasteiger charge is 2.16. The van der Waals surface area contributed by atoms with Gasteiger partial charge in [-0.3, -0.25) is 0 Å². The van der Waals surface area contributed by atoms with Crippen molar-refractivity contribution in [1.29, 1.82) is 0 Å². The molecule has 10 heavy (non-hydrogen) atoms. The van der Waals surface area contributed by atoms with Crippen LogP contribution in [0, 0.1) is 5.92 Å². The monoisotopic (exact) mass is 142 g/mol. The van der Waals surface area contributed by atoms with Crippen LogP contribution in [-0.4, -0.2) is 18.7 Å². The zero-order chi connectivity index (χ0) is 7.56. The van der Waals surface area contributed by atoms with E-state index in [2.05, 4.69) is 18.8 Å². The number of nitrogens with zero attached hydrogens (tertiary/aromatic N) is 1. The van der Waals surface area contributed by atoms with E-state index in [4.69, 9.17) is 10.5 Å². The summed E-state index contributed by atoms with van der Waals surface area (Å²) in [5.74, 6) is 0.670. The zero-order valence-corrected chi connectivity index (χ0v) is 6.50. The highest BCUT2D eigenvalue weighted by molar-refractivity contribution is 5.72. The number of rotatable bonds is 2. The Hall–Kier alpha value is -0.730. The van der Waals surface area contributed by atoms with Crippen molar-refractivity contribution >= 4 is 6.02 Å². The molecule has 0 amide bonds. The molecule has 0 unspecified atom stereocenters. The Balaban J connectivity index is 2.31. The van der Waals surface area contributed by atoms with Crippen LogP contribution in [0.3, 0.4) is 0 Å². The second kappa shape index (κ2) is 2.90. The number of hydrogen-bond acceptors (Lipinski definition) is 3. The van der Waals surface area contributed by atoms with Crippen LogP contribution in [-0.2, 0) is 4.74 Å². The standard InChI is InChI=1S/C7H14N2O/c1-5(2)3-6-4-10-7(8)9-6/h5-6H,3-4H2,1-2H3,(H2,8,9)/t6-/m0/s1. The Kier molecular flexibility index (Phi) is 2.14. The van der Waals surface area contributed by atoms with E-state index in [1.165, 1.54) is 0 Å². The predicted octanol–water partition coefficient (Wildman–Crippen LogP) is 0.746. The summed E-state index contributed by atoms with van der Waals surface area (Å²) in [6, 6.07) is 0.658. The number of aliphatic imine (C=N–C) groups is 1. The molecule has 1 heterocycles. The van der Waals surface area contributed by atoms with E-state index < -0.39 is 0 Å². The van der Waals surface area contributed by atoms with Crippen LogP contribution in [0.4, 0.5) is 0 Å². The summed E-state index contributed by atoms with van der Waals surface area (Å²) in [5.41, 5.74) is 5.33. The molecule has 3 nitrogen and oxygen atoms in total. The van der Waals surface area contributed by atoms with Gasteiger partial charge in [0.25, 0.3) is 6.02 Å². The first kappa shape index (κ1) is 7.38. The summed E-state index contributed by atoms with van der Waals surface area (Å²) < 4.78 is 4.99. The van der Waals surface area contributed by atoms with Crippen molar-refractivity contribution in [2.75, 3.05) is 6.61 Å². The zero-order valence-electron chi connectivity index (χ0n) is 6.50. The maximum atomic E-state index is 5.33. The molecule has 3 heteroatoms. The second-order valence-electron chi connectivity index (χ2n) is 3.06. The third-order valence-corrected chi connectivity index (χ3v) is 1.48. The van der Waals surface area contributed by atoms with Crippen LogP contribution in [0.15, 0.2) is 4.99 Å². The lowest BCUT2D eigenvalue weighted by Gasteiger charge is -2.06. The van der Waals surface area contributed by atoms with Gasteiger partial charge in [-0.05, 0) is 12.3 Å². The van der Waals surface area contributed by atoms with Gasteiger partial charge in [0.05, 0.1) is 6.04 Å². The Bertz CT molecular complexity index is 143. The van der Waals surface area contributed by atoms with Gasteiger partial charge in [-0.15, -0.1) is 0 Å². The second-order valence-corrected chi connectivity index (χ2v) is 3.06. The van der Waals surface area contributed by atoms with Gasteiger partial charge in [0.15, 0.2) is 0 Å². The first-order chi connectivity index (χ1) is 4.68. The van der Waals surface area contributed by atoms with Gasteiger partial charge in [-0.2, -0.15) is 0 Å². The summed E-state index contributed by atoms with van der Waals surface area (Å²) in [4.78, 5) is 4.10. The molecular weight excluding hydrogens is 128 g/mol. The number of nitrogens with two attached hydrogens (primary N) is 1. The van der Waals surface area contributed by atoms with Crippen molar-refractivity contribution in [2.45, 2.75) is 26.3 Å². The minimum Gasteiger partial charge on any atom is -0.463 e. The molecule has 0 aromatic heterocycles. The topological polar surface area (TPSA) is 47.6 Å². The van der Waals surface area contributed by atoms with E-state index in [0.717, 1.165) is 6.42 Å². The SMILES string of the molecule is CC(C)C[C@H]1COC(N)=N1. The third kappa shape index (κ3) is 1.90. The number of amidine groups is 1. The van der Waals surface area contributed by atoms with Gasteiger partial charge in [-0.25, -0.2) is 4.99 Å². The molecule has 0 aromatic rings. The lowest BCUT2D eigenvalue weighted by Crippen LogP contribution is -2.10. The Labute approximate surface area is 61.3 Å². The van der Waals surface area contributed by atoms with Gasteiger partial charge in [-0.1, -0.05) is 13.8 Å². The molecule has 2 N–H and O–H groups in total. The summed E-state index contributed by atoms with van der Waals surface area (Å²) in [5, 5.41) is 0. The summed E-state index contributed by atoms with van der Waals surface area (Å²) in [7, 11) is 0. The fourth-order valence-electron chi connectivity index (χ4n) is 1.10. The van der Waals surface area contributed by atoms with Crippen LogP contribution in [0.25, 0.3) is 0 Å². The van der Waals surface area contributed by atoms with Crippen molar-refractivity contribution in [3.8, 4) is 0 Å². The van der Waals surface area contributed by atoms with Crippen LogP contribution in [0.2, 0.25) is 0 Å². The quantitative estimate of drug-likeness (QED) is 0.618. The van der Waals surface area contributed by atoms with Gasteiger partial charge in [0.1, 0.15) is 6.61 Å². The predicted molar refractivity (Wildman–Crippen MR) is 40.8 cm³/mol. The lowest BCUT2D eigenvalue weighted by atomic mass is 10.1. The van der Waals surface area contributed by atoms with E-state index in [-0.39, 0.29) is 0 Å². The third-order valence-electron chi connectivity index (χ3n) is 1.48. The van der Waals surface area contributed by atoms with Crippen LogP contribution < -0.4 is 5.73 Å². The van der Waals surface area contributed by atoms with Crippen LogP contribution in [0.5, 0.6) is 0 Å². The lowest BCUT2D eigenvalue weighted by molar-refractivity contribution is 0.297. The normalized spacial score (nSPS) is 24.7. The van der Waals surface area contributed by atoms with Crippen molar-refractivity contribution in [1.82, 2.24) is 0 Å². The molecule has 0 bridgehead atoms. The van der Waals surface area contributed by atoms with Gasteiger partial charge in [0, 0.05) is 0 Å². The fraction of sp³-hybridized carbons (Fsp3) is 0.857. The van der Waals surface area contributed by atoms with Gasteiger partial charge >= 0.3 is 0 Å². The smallest absolute Gasteiger partial charge is 0.282 e. The molecule has 1 rings (SSSR count). The van der Waals surface area contributed by atoms with Crippen molar-refractivity contribution < 1.29 is 4.74 Å². The molecule has 0 spiro atoms. The average molecular weight is 142 g/mol. The first-order valence-electron chi connectivity index (χ1n) is 3.64. The molecule has 1 aliphatic heterocycles. The van der Waals surface area contributed by atoms with E-state index in [0.29, 0.717) is 24.6 Å². The highest BCUT2D eigenvalue weighted by atomic mass is 16.5. The molecule has 1 atom stereocenters. The minimum atomic E-state index is 0.306. The van der Waals surface area contributed by atoms with Crippen LogP contribution in [0.1, 0.15) is 20.3 Å². The van der Waals surface area contributed by atoms with E-state index in [1.807, 2.05) is 0 Å². The molecule has 0 saturated carbocycles. The molecule has 1 aliphatic rings. The van der Waals surface area contributed by atoms with Crippen molar-refractivity contribution in [3.63, 3.8) is 0 Å². The summed E-state index contributed by atoms with van der Waals surface area (Å²) in [6.45, 7) is 5.01. The Morgan fingerprint density at radius 1 is 1.80 bits per heavy atom. The minimum absolute atomic E-state index is 0.306. The molecule has 0 aromatic carbocycles. The van der Waals surface area contributed by atoms with E-state index in [1.54, 1.807) is 0 Å². The van der Waals surface area contributed by atoms with Crippen molar-refractivity contribution in [2.24, 2.45) is 16.6 Å². The number of hydrogen-bond donors (Lipinski definition) is 1. The maximum Gasteiger partial charge on any atom is 0.282 e. The van der Waals surface area contributed by atoms with Gasteiger partial charge < -0.3 is 10.5 Å². The summed E-state index contributed by atoms with van der Waals surface area (Å²) in [6.07, 6.45) is 1.07. The molecule has 0 aliphatic carbocycles. The average Bonchev–Trinajstić information content (AvgIpc) is 2.13. The van der Waals surface area contributed by atoms with Crippen molar-refractivity contribution in [3.05, 3.63) is 0 Å². The molecule has 0 fully saturated rings. The van der Waals surface area contributed by atoms with E-state index in [9.17, 15) is 0 Å². The van der Waals surface area contributed by atoms with Gasteiger partial charge in [0.2, 0.25) is 0 Å². The Morgan fingerprint density at radius 3 is 2.90 bits per heavy atom. The Morgan fingerprint density at radius 2 is 2.50 bits per heavy atom. The molecule has 58 valence electrons. The highest BCUT2D eigenvalue weighted by Crippen LogP contribution is 2.12. The first-order valence-corrected chi connectivity index (χ1v) is 3.64. The largest absolute Gasteiger partial charge is 0.463 e. The number of ether oxygens (including phenoxy) is 1. The molecular formula is C7H14N2O. The van der Waals surface area contributed by atoms with Crippen LogP contribution >= 0.6 is 0 Å². The molecule has 0 radical (unpaired) electrons. The maximum absolute atomic E-state index is 5.33. The molecule has 0 saturated heterocycles. The summed E-state index contributed by atoms with van der Waals surface area (Å²) >= 11 is 0. The van der Waals surface area contributed by atoms with E-state index >= 15 is 0 Å². The fourth-order valence-corrected chi connectivity index (χ4v) is 1.10.